The second-order valence-corrected chi connectivity index (χ2v) is 6.70. The van der Waals surface area contributed by atoms with Crippen LogP contribution >= 0.6 is 15.9 Å². The smallest absolute Gasteiger partial charge is 0.0990 e. The Kier molecular flexibility index (Phi) is 5.43. The van der Waals surface area contributed by atoms with Crippen molar-refractivity contribution in [1.82, 2.24) is 5.32 Å². The lowest BCUT2D eigenvalue weighted by atomic mass is 10.1. The van der Waals surface area contributed by atoms with Crippen LogP contribution < -0.4 is 10.2 Å². The SMILES string of the molecule is CC(C)CNCc1ccc(N2CC(O)C(O)C2)c(Br)c1. The maximum absolute atomic E-state index is 9.63. The Bertz CT molecular complexity index is 443. The third kappa shape index (κ3) is 3.95. The summed E-state index contributed by atoms with van der Waals surface area (Å²) in [5, 5.41) is 22.7. The third-order valence-corrected chi connectivity index (χ3v) is 4.13. The number of anilines is 1. The van der Waals surface area contributed by atoms with Gasteiger partial charge in [0.2, 0.25) is 0 Å². The molecule has 112 valence electrons. The van der Waals surface area contributed by atoms with E-state index in [1.54, 1.807) is 0 Å². The Balaban J connectivity index is 1.99. The Morgan fingerprint density at radius 3 is 2.50 bits per heavy atom. The molecule has 1 fully saturated rings. The van der Waals surface area contributed by atoms with E-state index in [1.165, 1.54) is 5.56 Å². The van der Waals surface area contributed by atoms with Gasteiger partial charge in [0.05, 0.1) is 17.9 Å². The first-order valence-electron chi connectivity index (χ1n) is 7.07. The fraction of sp³-hybridized carbons (Fsp3) is 0.600. The van der Waals surface area contributed by atoms with Crippen LogP contribution in [0, 0.1) is 5.92 Å². The van der Waals surface area contributed by atoms with Crippen LogP contribution in [0.1, 0.15) is 19.4 Å². The first-order valence-corrected chi connectivity index (χ1v) is 7.87. The number of nitrogens with zero attached hydrogens (tertiary/aromatic N) is 1. The largest absolute Gasteiger partial charge is 0.389 e. The molecule has 20 heavy (non-hydrogen) atoms. The minimum absolute atomic E-state index is 0.477. The van der Waals surface area contributed by atoms with Crippen LogP contribution in [0.5, 0.6) is 0 Å². The molecule has 2 atom stereocenters. The maximum Gasteiger partial charge on any atom is 0.0990 e. The minimum Gasteiger partial charge on any atom is -0.389 e. The maximum atomic E-state index is 9.63. The summed E-state index contributed by atoms with van der Waals surface area (Å²) in [5.41, 5.74) is 2.25. The molecule has 1 aromatic rings. The first kappa shape index (κ1) is 15.8. The summed E-state index contributed by atoms with van der Waals surface area (Å²) in [7, 11) is 0. The fourth-order valence-corrected chi connectivity index (χ4v) is 3.07. The van der Waals surface area contributed by atoms with Crippen molar-refractivity contribution in [3.63, 3.8) is 0 Å². The Labute approximate surface area is 128 Å². The van der Waals surface area contributed by atoms with Gasteiger partial charge in [-0.15, -0.1) is 0 Å². The zero-order valence-electron chi connectivity index (χ0n) is 12.0. The molecular formula is C15H23BrN2O2. The highest BCUT2D eigenvalue weighted by Crippen LogP contribution is 2.30. The fourth-order valence-electron chi connectivity index (χ4n) is 2.39. The molecule has 5 heteroatoms. The predicted octanol–water partition coefficient (Wildman–Crippen LogP) is 1.74. The molecule has 1 aromatic carbocycles. The second-order valence-electron chi connectivity index (χ2n) is 5.85. The van der Waals surface area contributed by atoms with Gasteiger partial charge >= 0.3 is 0 Å². The second kappa shape index (κ2) is 6.89. The van der Waals surface area contributed by atoms with Gasteiger partial charge in [0.25, 0.3) is 0 Å². The molecule has 0 aliphatic carbocycles. The molecule has 4 nitrogen and oxygen atoms in total. The molecule has 2 rings (SSSR count). The van der Waals surface area contributed by atoms with Crippen molar-refractivity contribution in [2.75, 3.05) is 24.5 Å². The molecule has 0 amide bonds. The number of halogens is 1. The van der Waals surface area contributed by atoms with Gasteiger partial charge in [-0.1, -0.05) is 19.9 Å². The highest BCUT2D eigenvalue weighted by Gasteiger charge is 2.30. The average Bonchev–Trinajstić information content (AvgIpc) is 2.69. The van der Waals surface area contributed by atoms with E-state index in [-0.39, 0.29) is 0 Å². The zero-order chi connectivity index (χ0) is 14.7. The van der Waals surface area contributed by atoms with Crippen LogP contribution in [0.4, 0.5) is 5.69 Å². The number of aliphatic hydroxyl groups excluding tert-OH is 2. The van der Waals surface area contributed by atoms with Crippen molar-refractivity contribution in [2.24, 2.45) is 5.92 Å². The third-order valence-electron chi connectivity index (χ3n) is 3.49. The summed E-state index contributed by atoms with van der Waals surface area (Å²) in [4.78, 5) is 2.00. The molecule has 0 bridgehead atoms. The number of nitrogens with one attached hydrogen (secondary N) is 1. The van der Waals surface area contributed by atoms with Crippen LogP contribution in [-0.4, -0.2) is 42.1 Å². The molecule has 0 aromatic heterocycles. The molecule has 0 radical (unpaired) electrons. The van der Waals surface area contributed by atoms with Gasteiger partial charge < -0.3 is 20.4 Å². The van der Waals surface area contributed by atoms with Crippen molar-refractivity contribution in [3.05, 3.63) is 28.2 Å². The van der Waals surface area contributed by atoms with E-state index in [2.05, 4.69) is 47.2 Å². The molecule has 1 heterocycles. The predicted molar refractivity (Wildman–Crippen MR) is 84.9 cm³/mol. The number of rotatable bonds is 5. The summed E-state index contributed by atoms with van der Waals surface area (Å²) in [6.07, 6.45) is -1.32. The molecule has 3 N–H and O–H groups in total. The van der Waals surface area contributed by atoms with Crippen molar-refractivity contribution in [2.45, 2.75) is 32.6 Å². The summed E-state index contributed by atoms with van der Waals surface area (Å²) in [6.45, 7) is 7.19. The minimum atomic E-state index is -0.658. The number of hydrogen-bond acceptors (Lipinski definition) is 4. The van der Waals surface area contributed by atoms with Crippen molar-refractivity contribution < 1.29 is 10.2 Å². The van der Waals surface area contributed by atoms with Crippen LogP contribution in [0.25, 0.3) is 0 Å². The van der Waals surface area contributed by atoms with E-state index in [1.807, 2.05) is 11.0 Å². The van der Waals surface area contributed by atoms with E-state index in [0.717, 1.165) is 23.2 Å². The lowest BCUT2D eigenvalue weighted by Crippen LogP contribution is -2.22. The van der Waals surface area contributed by atoms with Crippen LogP contribution in [0.3, 0.4) is 0 Å². The number of benzene rings is 1. The number of hydrogen-bond donors (Lipinski definition) is 3. The molecule has 2 unspecified atom stereocenters. The van der Waals surface area contributed by atoms with Gasteiger partial charge in [0.15, 0.2) is 0 Å². The molecule has 1 aliphatic rings. The lowest BCUT2D eigenvalue weighted by Gasteiger charge is -2.20. The number of β-amino-alcohol motifs (C(OH)–C–C–N with tert-alkyl or cyclic N) is 2. The van der Waals surface area contributed by atoms with Crippen molar-refractivity contribution >= 4 is 21.6 Å². The molecule has 0 saturated carbocycles. The highest BCUT2D eigenvalue weighted by atomic mass is 79.9. The van der Waals surface area contributed by atoms with E-state index in [9.17, 15) is 10.2 Å². The Morgan fingerprint density at radius 2 is 1.95 bits per heavy atom. The average molecular weight is 343 g/mol. The molecule has 1 saturated heterocycles. The lowest BCUT2D eigenvalue weighted by molar-refractivity contribution is 0.0572. The monoisotopic (exact) mass is 342 g/mol. The van der Waals surface area contributed by atoms with Gasteiger partial charge in [-0.25, -0.2) is 0 Å². The topological polar surface area (TPSA) is 55.7 Å². The highest BCUT2D eigenvalue weighted by molar-refractivity contribution is 9.10. The van der Waals surface area contributed by atoms with E-state index < -0.39 is 12.2 Å². The normalized spacial score (nSPS) is 22.8. The van der Waals surface area contributed by atoms with Gasteiger partial charge in [0, 0.05) is 24.1 Å². The van der Waals surface area contributed by atoms with Gasteiger partial charge in [-0.05, 0) is 46.1 Å². The van der Waals surface area contributed by atoms with E-state index >= 15 is 0 Å². The molecule has 1 aliphatic heterocycles. The first-order chi connectivity index (χ1) is 9.47. The quantitative estimate of drug-likeness (QED) is 0.762. The summed E-state index contributed by atoms with van der Waals surface area (Å²) in [6, 6.07) is 6.23. The van der Waals surface area contributed by atoms with E-state index in [0.29, 0.717) is 19.0 Å². The van der Waals surface area contributed by atoms with E-state index in [4.69, 9.17) is 0 Å². The van der Waals surface area contributed by atoms with Crippen LogP contribution in [0.2, 0.25) is 0 Å². The number of aliphatic hydroxyl groups is 2. The molecular weight excluding hydrogens is 320 g/mol. The van der Waals surface area contributed by atoms with Crippen LogP contribution in [-0.2, 0) is 6.54 Å². The van der Waals surface area contributed by atoms with Crippen LogP contribution in [0.15, 0.2) is 22.7 Å². The van der Waals surface area contributed by atoms with Gasteiger partial charge in [0.1, 0.15) is 0 Å². The summed E-state index contributed by atoms with van der Waals surface area (Å²) < 4.78 is 1.00. The Morgan fingerprint density at radius 1 is 1.30 bits per heavy atom. The van der Waals surface area contributed by atoms with Crippen molar-refractivity contribution in [1.29, 1.82) is 0 Å². The zero-order valence-corrected chi connectivity index (χ0v) is 13.6. The van der Waals surface area contributed by atoms with Gasteiger partial charge in [-0.3, -0.25) is 0 Å². The van der Waals surface area contributed by atoms with Gasteiger partial charge in [-0.2, -0.15) is 0 Å². The molecule has 0 spiro atoms. The standard InChI is InChI=1S/C15H23BrN2O2/c1-10(2)6-17-7-11-3-4-13(12(16)5-11)18-8-14(19)15(20)9-18/h3-5,10,14-15,17,19-20H,6-9H2,1-2H3. The summed E-state index contributed by atoms with van der Waals surface area (Å²) >= 11 is 3.59. The Hall–Kier alpha value is -0.620. The van der Waals surface area contributed by atoms with Crippen molar-refractivity contribution in [3.8, 4) is 0 Å². The summed E-state index contributed by atoms with van der Waals surface area (Å²) in [5.74, 6) is 0.644.